The second kappa shape index (κ2) is 36.1. The second-order valence-corrected chi connectivity index (χ2v) is 15.1. The van der Waals surface area contributed by atoms with E-state index in [0.29, 0.717) is 12.8 Å². The summed E-state index contributed by atoms with van der Waals surface area (Å²) in [5, 5.41) is 18.3. The van der Waals surface area contributed by atoms with Gasteiger partial charge in [0.25, 0.3) is 0 Å². The monoisotopic (exact) mass is 735 g/mol. The lowest BCUT2D eigenvalue weighted by Gasteiger charge is -2.20. The van der Waals surface area contributed by atoms with E-state index in [4.69, 9.17) is 19.1 Å². The molecule has 0 aliphatic heterocycles. The topological polar surface area (TPSA) is 149 Å². The highest BCUT2D eigenvalue weighted by atomic mass is 31.2. The molecule has 3 N–H and O–H groups in total. The highest BCUT2D eigenvalue weighted by Gasteiger charge is 2.27. The molecule has 0 bridgehead atoms. The Morgan fingerprint density at radius 2 is 1.00 bits per heavy atom. The fourth-order valence-corrected chi connectivity index (χ4v) is 6.29. The van der Waals surface area contributed by atoms with Gasteiger partial charge in [0.05, 0.1) is 19.8 Å². The average molecular weight is 735 g/mol. The molecule has 0 fully saturated rings. The van der Waals surface area contributed by atoms with Crippen molar-refractivity contribution in [2.24, 2.45) is 0 Å². The molecule has 1 unspecified atom stereocenters. The van der Waals surface area contributed by atoms with E-state index in [9.17, 15) is 24.2 Å². The molecule has 0 spiro atoms. The molecule has 10 nitrogen and oxygen atoms in total. The number of unbranched alkanes of at least 4 members (excludes halogenated alkanes) is 22. The Morgan fingerprint density at radius 3 is 1.50 bits per heavy atom. The zero-order chi connectivity index (χ0) is 37.0. The first-order chi connectivity index (χ1) is 24.2. The molecule has 296 valence electrons. The van der Waals surface area contributed by atoms with E-state index in [2.05, 4.69) is 30.5 Å². The van der Waals surface area contributed by atoms with Crippen molar-refractivity contribution in [2.45, 2.75) is 199 Å². The van der Waals surface area contributed by atoms with Crippen LogP contribution in [0.4, 0.5) is 0 Å². The van der Waals surface area contributed by atoms with Gasteiger partial charge in [0.2, 0.25) is 0 Å². The number of aliphatic hydroxyl groups excluding tert-OH is 2. The molecule has 0 aromatic heterocycles. The Morgan fingerprint density at radius 1 is 0.580 bits per heavy atom. The number of aliphatic hydroxyl groups is 2. The highest BCUT2D eigenvalue weighted by Crippen LogP contribution is 2.43. The quantitative estimate of drug-likeness (QED) is 0.0242. The molecule has 11 heteroatoms. The molecule has 0 amide bonds. The number of carbonyl (C=O) groups excluding carboxylic acids is 2. The minimum absolute atomic E-state index is 0.188. The van der Waals surface area contributed by atoms with Crippen LogP contribution in [0, 0.1) is 0 Å². The average Bonchev–Trinajstić information content (AvgIpc) is 3.10. The Kier molecular flexibility index (Phi) is 35.2. The van der Waals surface area contributed by atoms with Gasteiger partial charge in [-0.05, 0) is 32.1 Å². The third kappa shape index (κ3) is 35.1. The van der Waals surface area contributed by atoms with Crippen molar-refractivity contribution >= 4 is 19.8 Å². The van der Waals surface area contributed by atoms with Crippen molar-refractivity contribution < 1.29 is 47.8 Å². The molecule has 0 aliphatic rings. The van der Waals surface area contributed by atoms with Crippen LogP contribution < -0.4 is 0 Å². The fraction of sp³-hybridized carbons (Fsp3) is 0.897. The predicted octanol–water partition coefficient (Wildman–Crippen LogP) is 10.1. The lowest BCUT2D eigenvalue weighted by Crippen LogP contribution is -2.29. The lowest BCUT2D eigenvalue weighted by atomic mass is 10.0. The van der Waals surface area contributed by atoms with Crippen LogP contribution in [0.2, 0.25) is 0 Å². The predicted molar refractivity (Wildman–Crippen MR) is 201 cm³/mol. The first kappa shape index (κ1) is 48.7. The van der Waals surface area contributed by atoms with Crippen molar-refractivity contribution in [3.8, 4) is 0 Å². The lowest BCUT2D eigenvalue weighted by molar-refractivity contribution is -0.161. The maximum absolute atomic E-state index is 12.6. The first-order valence-corrected chi connectivity index (χ1v) is 21.6. The summed E-state index contributed by atoms with van der Waals surface area (Å²) in [4.78, 5) is 34.8. The zero-order valence-corrected chi connectivity index (χ0v) is 32.8. The number of esters is 2. The molecular formula is C39H75O10P. The van der Waals surface area contributed by atoms with Gasteiger partial charge in [-0.1, -0.05) is 154 Å². The van der Waals surface area contributed by atoms with Gasteiger partial charge in [0.1, 0.15) is 12.7 Å². The Bertz CT molecular complexity index is 853. The van der Waals surface area contributed by atoms with Crippen molar-refractivity contribution in [3.05, 3.63) is 12.2 Å². The van der Waals surface area contributed by atoms with E-state index in [0.717, 1.165) is 57.8 Å². The normalized spacial score (nSPS) is 14.1. The number of allylic oxidation sites excluding steroid dienone is 2. The summed E-state index contributed by atoms with van der Waals surface area (Å²) in [6.07, 6.45) is 31.8. The van der Waals surface area contributed by atoms with E-state index in [1.807, 2.05) is 0 Å². The van der Waals surface area contributed by atoms with E-state index < -0.39 is 51.8 Å². The number of carbonyl (C=O) groups is 2. The third-order valence-corrected chi connectivity index (χ3v) is 9.62. The van der Waals surface area contributed by atoms with Gasteiger partial charge in [0.15, 0.2) is 6.10 Å². The summed E-state index contributed by atoms with van der Waals surface area (Å²) in [6, 6.07) is 0. The number of rotatable bonds is 38. The molecule has 0 heterocycles. The van der Waals surface area contributed by atoms with Gasteiger partial charge in [-0.3, -0.25) is 18.6 Å². The second-order valence-electron chi connectivity index (χ2n) is 13.7. The molecule has 0 aliphatic carbocycles. The minimum Gasteiger partial charge on any atom is -0.462 e. The van der Waals surface area contributed by atoms with Crippen LogP contribution in [-0.4, -0.2) is 65.7 Å². The standard InChI is InChI=1S/C39H75O10P/c1-3-5-7-9-11-13-15-16-17-18-19-21-23-25-27-29-31-39(43)49-37(35-48-50(44,45)47-33-36(41)32-40)34-46-38(42)30-28-26-24-22-20-14-12-10-8-6-4-2/h10,12,36-37,40-41H,3-9,11,13-35H2,1-2H3,(H,44,45)/b12-10+/t36-,37+/m0/s1. The molecule has 0 rings (SSSR count). The summed E-state index contributed by atoms with van der Waals surface area (Å²) in [5.41, 5.74) is 0. The molecule has 0 aromatic rings. The molecule has 0 saturated carbocycles. The number of hydrogen-bond donors (Lipinski definition) is 3. The van der Waals surface area contributed by atoms with Crippen LogP contribution in [0.1, 0.15) is 187 Å². The van der Waals surface area contributed by atoms with E-state index in [-0.39, 0.29) is 19.4 Å². The summed E-state index contributed by atoms with van der Waals surface area (Å²) < 4.78 is 32.6. The van der Waals surface area contributed by atoms with E-state index in [1.165, 1.54) is 89.9 Å². The Hall–Kier alpha value is -1.29. The van der Waals surface area contributed by atoms with Gasteiger partial charge >= 0.3 is 19.8 Å². The zero-order valence-electron chi connectivity index (χ0n) is 31.9. The van der Waals surface area contributed by atoms with Crippen LogP contribution in [-0.2, 0) is 32.7 Å². The number of phosphoric acid groups is 1. The van der Waals surface area contributed by atoms with Crippen LogP contribution in [0.5, 0.6) is 0 Å². The molecule has 0 saturated heterocycles. The summed E-state index contributed by atoms with van der Waals surface area (Å²) in [6.45, 7) is 2.34. The van der Waals surface area contributed by atoms with Crippen molar-refractivity contribution in [1.82, 2.24) is 0 Å². The molecule has 3 atom stereocenters. The van der Waals surface area contributed by atoms with E-state index in [1.54, 1.807) is 0 Å². The third-order valence-electron chi connectivity index (χ3n) is 8.67. The van der Waals surface area contributed by atoms with Crippen LogP contribution in [0.3, 0.4) is 0 Å². The van der Waals surface area contributed by atoms with Crippen molar-refractivity contribution in [3.63, 3.8) is 0 Å². The van der Waals surface area contributed by atoms with Gasteiger partial charge < -0.3 is 24.6 Å². The Balaban J connectivity index is 4.30. The maximum Gasteiger partial charge on any atom is 0.472 e. The molecule has 50 heavy (non-hydrogen) atoms. The van der Waals surface area contributed by atoms with Crippen LogP contribution in [0.15, 0.2) is 12.2 Å². The largest absolute Gasteiger partial charge is 0.472 e. The Labute approximate surface area is 305 Å². The highest BCUT2D eigenvalue weighted by molar-refractivity contribution is 7.47. The molecule has 0 aromatic carbocycles. The summed E-state index contributed by atoms with van der Waals surface area (Å²) >= 11 is 0. The van der Waals surface area contributed by atoms with Gasteiger partial charge in [0, 0.05) is 12.8 Å². The van der Waals surface area contributed by atoms with Gasteiger partial charge in [-0.15, -0.1) is 0 Å². The van der Waals surface area contributed by atoms with Gasteiger partial charge in [-0.25, -0.2) is 4.57 Å². The van der Waals surface area contributed by atoms with Crippen LogP contribution in [0.25, 0.3) is 0 Å². The number of ether oxygens (including phenoxy) is 2. The van der Waals surface area contributed by atoms with Crippen molar-refractivity contribution in [1.29, 1.82) is 0 Å². The fourth-order valence-electron chi connectivity index (χ4n) is 5.50. The van der Waals surface area contributed by atoms with Gasteiger partial charge in [-0.2, -0.15) is 0 Å². The SMILES string of the molecule is CCCC/C=C/CCCCCCCC(=O)OC[C@H](COP(=O)(O)OC[C@@H](O)CO)OC(=O)CCCCCCCCCCCCCCCCCC. The number of phosphoric ester groups is 1. The summed E-state index contributed by atoms with van der Waals surface area (Å²) in [7, 11) is -4.61. The molecule has 0 radical (unpaired) electrons. The molecular weight excluding hydrogens is 659 g/mol. The van der Waals surface area contributed by atoms with Crippen molar-refractivity contribution in [2.75, 3.05) is 26.4 Å². The van der Waals surface area contributed by atoms with Crippen LogP contribution >= 0.6 is 7.82 Å². The smallest absolute Gasteiger partial charge is 0.462 e. The maximum atomic E-state index is 12.6. The minimum atomic E-state index is -4.61. The van der Waals surface area contributed by atoms with E-state index >= 15 is 0 Å². The number of hydrogen-bond acceptors (Lipinski definition) is 9. The first-order valence-electron chi connectivity index (χ1n) is 20.1. The summed E-state index contributed by atoms with van der Waals surface area (Å²) in [5.74, 6) is -0.929.